The molecule has 2 N–H and O–H groups in total. The number of Topliss-reactive ketones (excluding diaryl/α,β-unsaturated/α-hetero) is 1. The van der Waals surface area contributed by atoms with Crippen molar-refractivity contribution in [2.45, 2.75) is 44.8 Å². The molecular formula is C18H19NO4. The second kappa shape index (κ2) is 4.17. The van der Waals surface area contributed by atoms with E-state index in [1.165, 1.54) is 11.5 Å². The van der Waals surface area contributed by atoms with Crippen LogP contribution >= 0.6 is 0 Å². The first-order valence-corrected chi connectivity index (χ1v) is 7.76. The normalized spacial score (nSPS) is 28.1. The average Bonchev–Trinajstić information content (AvgIpc) is 3.04. The van der Waals surface area contributed by atoms with Gasteiger partial charge in [0.15, 0.2) is 5.78 Å². The van der Waals surface area contributed by atoms with Crippen molar-refractivity contribution < 1.29 is 19.7 Å². The van der Waals surface area contributed by atoms with Crippen molar-refractivity contribution in [1.29, 1.82) is 0 Å². The van der Waals surface area contributed by atoms with Gasteiger partial charge in [-0.3, -0.25) is 9.36 Å². The van der Waals surface area contributed by atoms with Crippen LogP contribution in [-0.2, 0) is 15.9 Å². The molecule has 0 radical (unpaired) electrons. The van der Waals surface area contributed by atoms with Crippen molar-refractivity contribution in [3.05, 3.63) is 41.0 Å². The molecule has 2 aliphatic rings. The van der Waals surface area contributed by atoms with Crippen molar-refractivity contribution in [2.24, 2.45) is 0 Å². The SMILES string of the molecule is CC(=O)c1ccc(-n2c(O)c3c(c2O)C2(C)CCC3(C)O2)cc1. The van der Waals surface area contributed by atoms with Crippen LogP contribution in [0.15, 0.2) is 24.3 Å². The van der Waals surface area contributed by atoms with Crippen LogP contribution in [-0.4, -0.2) is 20.6 Å². The van der Waals surface area contributed by atoms with Gasteiger partial charge in [0.1, 0.15) is 0 Å². The number of aromatic nitrogens is 1. The van der Waals surface area contributed by atoms with E-state index in [0.717, 1.165) is 12.8 Å². The summed E-state index contributed by atoms with van der Waals surface area (Å²) in [7, 11) is 0. The van der Waals surface area contributed by atoms with Gasteiger partial charge in [-0.05, 0) is 57.9 Å². The highest BCUT2D eigenvalue weighted by atomic mass is 16.5. The van der Waals surface area contributed by atoms with Crippen molar-refractivity contribution in [3.8, 4) is 17.4 Å². The van der Waals surface area contributed by atoms with E-state index >= 15 is 0 Å². The van der Waals surface area contributed by atoms with Gasteiger partial charge in [0.05, 0.1) is 28.0 Å². The van der Waals surface area contributed by atoms with Crippen LogP contribution in [0.1, 0.15) is 55.1 Å². The van der Waals surface area contributed by atoms with Gasteiger partial charge < -0.3 is 14.9 Å². The molecule has 2 unspecified atom stereocenters. The van der Waals surface area contributed by atoms with E-state index in [1.54, 1.807) is 24.3 Å². The van der Waals surface area contributed by atoms with Gasteiger partial charge in [0.2, 0.25) is 11.8 Å². The third kappa shape index (κ3) is 1.68. The molecule has 2 aliphatic heterocycles. The van der Waals surface area contributed by atoms with Gasteiger partial charge in [-0.2, -0.15) is 0 Å². The fourth-order valence-electron chi connectivity index (χ4n) is 4.07. The molecule has 23 heavy (non-hydrogen) atoms. The minimum absolute atomic E-state index is 0.0130. The molecule has 3 heterocycles. The standard InChI is InChI=1S/C18H19NO4/c1-10(20)11-4-6-12(7-5-11)19-15(21)13-14(16(19)22)18(3)9-8-17(13,2)23-18/h4-7,21-22H,8-9H2,1-3H3. The Balaban J connectivity index is 1.91. The number of carbonyl (C=O) groups excluding carboxylic acids is 1. The van der Waals surface area contributed by atoms with Gasteiger partial charge in [-0.1, -0.05) is 0 Å². The summed E-state index contributed by atoms with van der Waals surface area (Å²) in [5, 5.41) is 21.4. The van der Waals surface area contributed by atoms with Crippen LogP contribution in [0.4, 0.5) is 0 Å². The Morgan fingerprint density at radius 3 is 1.96 bits per heavy atom. The van der Waals surface area contributed by atoms with Crippen molar-refractivity contribution >= 4 is 5.78 Å². The van der Waals surface area contributed by atoms with Crippen LogP contribution in [0.5, 0.6) is 11.8 Å². The van der Waals surface area contributed by atoms with E-state index in [4.69, 9.17) is 4.74 Å². The maximum Gasteiger partial charge on any atom is 0.205 e. The molecule has 0 aliphatic carbocycles. The van der Waals surface area contributed by atoms with Gasteiger partial charge >= 0.3 is 0 Å². The van der Waals surface area contributed by atoms with Crippen LogP contribution in [0, 0.1) is 0 Å². The predicted molar refractivity (Wildman–Crippen MR) is 84.1 cm³/mol. The number of hydrogen-bond acceptors (Lipinski definition) is 4. The summed E-state index contributed by atoms with van der Waals surface area (Å²) in [6.07, 6.45) is 1.63. The van der Waals surface area contributed by atoms with Gasteiger partial charge in [0, 0.05) is 5.56 Å². The highest BCUT2D eigenvalue weighted by Gasteiger charge is 2.59. The van der Waals surface area contributed by atoms with Crippen molar-refractivity contribution in [3.63, 3.8) is 0 Å². The van der Waals surface area contributed by atoms with Crippen molar-refractivity contribution in [1.82, 2.24) is 4.57 Å². The Morgan fingerprint density at radius 1 is 1.04 bits per heavy atom. The number of benzene rings is 1. The first-order chi connectivity index (χ1) is 10.8. The number of aromatic hydroxyl groups is 2. The monoisotopic (exact) mass is 313 g/mol. The maximum atomic E-state index is 11.4. The molecule has 0 spiro atoms. The number of ether oxygens (including phenoxy) is 1. The maximum absolute atomic E-state index is 11.4. The van der Waals surface area contributed by atoms with E-state index in [1.807, 2.05) is 13.8 Å². The zero-order valence-electron chi connectivity index (χ0n) is 13.4. The summed E-state index contributed by atoms with van der Waals surface area (Å²) < 4.78 is 7.51. The van der Waals surface area contributed by atoms with Gasteiger partial charge in [0.25, 0.3) is 0 Å². The molecule has 0 saturated carbocycles. The summed E-state index contributed by atoms with van der Waals surface area (Å²) in [4.78, 5) is 11.4. The lowest BCUT2D eigenvalue weighted by atomic mass is 9.80. The molecule has 120 valence electrons. The molecule has 2 bridgehead atoms. The van der Waals surface area contributed by atoms with E-state index in [0.29, 0.717) is 22.4 Å². The van der Waals surface area contributed by atoms with E-state index in [2.05, 4.69) is 0 Å². The Hall–Kier alpha value is -2.27. The fraction of sp³-hybridized carbons (Fsp3) is 0.389. The summed E-state index contributed by atoms with van der Waals surface area (Å²) in [6.45, 7) is 5.41. The lowest BCUT2D eigenvalue weighted by Gasteiger charge is -2.21. The van der Waals surface area contributed by atoms with Crippen LogP contribution in [0.2, 0.25) is 0 Å². The molecule has 4 rings (SSSR count). The smallest absolute Gasteiger partial charge is 0.205 e. The summed E-state index contributed by atoms with van der Waals surface area (Å²) in [6, 6.07) is 6.82. The number of carbonyl (C=O) groups is 1. The highest BCUT2D eigenvalue weighted by molar-refractivity contribution is 5.94. The minimum atomic E-state index is -0.559. The lowest BCUT2D eigenvalue weighted by Crippen LogP contribution is -2.17. The number of nitrogens with zero attached hydrogens (tertiary/aromatic N) is 1. The topological polar surface area (TPSA) is 71.7 Å². The molecule has 5 nitrogen and oxygen atoms in total. The zero-order chi connectivity index (χ0) is 16.6. The molecule has 2 aromatic rings. The third-order valence-electron chi connectivity index (χ3n) is 5.24. The first kappa shape index (κ1) is 14.3. The van der Waals surface area contributed by atoms with Crippen LogP contribution in [0.3, 0.4) is 0 Å². The molecule has 1 saturated heterocycles. The first-order valence-electron chi connectivity index (χ1n) is 7.76. The van der Waals surface area contributed by atoms with Crippen LogP contribution < -0.4 is 0 Å². The Bertz CT molecular complexity index is 796. The summed E-state index contributed by atoms with van der Waals surface area (Å²) >= 11 is 0. The third-order valence-corrected chi connectivity index (χ3v) is 5.24. The average molecular weight is 313 g/mol. The van der Waals surface area contributed by atoms with Gasteiger partial charge in [-0.15, -0.1) is 0 Å². The second-order valence-corrected chi connectivity index (χ2v) is 6.90. The Labute approximate surface area is 134 Å². The molecule has 1 fully saturated rings. The molecular weight excluding hydrogens is 294 g/mol. The molecule has 1 aromatic carbocycles. The van der Waals surface area contributed by atoms with E-state index in [-0.39, 0.29) is 17.5 Å². The van der Waals surface area contributed by atoms with Crippen LogP contribution in [0.25, 0.3) is 5.69 Å². The molecule has 5 heteroatoms. The van der Waals surface area contributed by atoms with Gasteiger partial charge in [-0.25, -0.2) is 0 Å². The molecule has 1 aromatic heterocycles. The number of ketones is 1. The lowest BCUT2D eigenvalue weighted by molar-refractivity contribution is -0.0683. The molecule has 2 atom stereocenters. The summed E-state index contributed by atoms with van der Waals surface area (Å²) in [5.41, 5.74) is 1.45. The fourth-order valence-corrected chi connectivity index (χ4v) is 4.07. The number of fused-ring (bicyclic) bond motifs is 5. The summed E-state index contributed by atoms with van der Waals surface area (Å²) in [5.74, 6) is 0.00413. The number of rotatable bonds is 2. The van der Waals surface area contributed by atoms with Crippen molar-refractivity contribution in [2.75, 3.05) is 0 Å². The number of hydrogen-bond donors (Lipinski definition) is 2. The Kier molecular flexibility index (Phi) is 2.60. The largest absolute Gasteiger partial charge is 0.494 e. The minimum Gasteiger partial charge on any atom is -0.494 e. The second-order valence-electron chi connectivity index (χ2n) is 6.90. The quantitative estimate of drug-likeness (QED) is 0.834. The predicted octanol–water partition coefficient (Wildman–Crippen LogP) is 3.35. The molecule has 0 amide bonds. The van der Waals surface area contributed by atoms with E-state index in [9.17, 15) is 15.0 Å². The van der Waals surface area contributed by atoms with E-state index < -0.39 is 11.2 Å². The highest BCUT2D eigenvalue weighted by Crippen LogP contribution is 2.64. The Morgan fingerprint density at radius 2 is 1.52 bits per heavy atom. The zero-order valence-corrected chi connectivity index (χ0v) is 13.4.